The second-order valence-electron chi connectivity index (χ2n) is 8.63. The fourth-order valence-corrected chi connectivity index (χ4v) is 5.18. The average molecular weight is 497 g/mol. The number of hydrogen-bond acceptors (Lipinski definition) is 5. The molecule has 3 rings (SSSR count). The third-order valence-electron chi connectivity index (χ3n) is 6.14. The Morgan fingerprint density at radius 3 is 2.45 bits per heavy atom. The zero-order valence-corrected chi connectivity index (χ0v) is 21.4. The van der Waals surface area contributed by atoms with E-state index in [2.05, 4.69) is 28.8 Å². The van der Waals surface area contributed by atoms with Crippen molar-refractivity contribution in [3.8, 4) is 5.75 Å². The summed E-state index contributed by atoms with van der Waals surface area (Å²) in [6, 6.07) is 5.82. The number of piperidine rings is 1. The van der Waals surface area contributed by atoms with E-state index >= 15 is 0 Å². The minimum absolute atomic E-state index is 0. The fraction of sp³-hybridized carbons (Fsp3) is 0.727. The highest BCUT2D eigenvalue weighted by Gasteiger charge is 2.43. The van der Waals surface area contributed by atoms with Gasteiger partial charge in [0.25, 0.3) is 0 Å². The smallest absolute Gasteiger partial charge is 0.229 e. The van der Waals surface area contributed by atoms with Gasteiger partial charge in [0.2, 0.25) is 10.0 Å². The van der Waals surface area contributed by atoms with E-state index < -0.39 is 10.0 Å². The number of rotatable bonds is 9. The SMILES string of the molecule is CCCCCCN1CCC2(CC1)CC(NCC)c1cc(NS(C)(=O)=O)ccc1O2.Cl.Cl. The number of unbranched alkanes of at least 4 members (excludes halogenated alkanes) is 3. The van der Waals surface area contributed by atoms with Gasteiger partial charge in [-0.25, -0.2) is 8.42 Å². The van der Waals surface area contributed by atoms with Crippen LogP contribution in [0.15, 0.2) is 18.2 Å². The molecule has 2 aliphatic rings. The van der Waals surface area contributed by atoms with Gasteiger partial charge in [0.05, 0.1) is 6.26 Å². The lowest BCUT2D eigenvalue weighted by atomic mass is 9.80. The third-order valence-corrected chi connectivity index (χ3v) is 6.74. The molecule has 31 heavy (non-hydrogen) atoms. The molecular formula is C22H39Cl2N3O3S. The summed E-state index contributed by atoms with van der Waals surface area (Å²) in [6.45, 7) is 8.61. The maximum absolute atomic E-state index is 11.6. The Hall–Kier alpha value is -0.730. The highest BCUT2D eigenvalue weighted by Crippen LogP contribution is 2.45. The number of anilines is 1. The number of fused-ring (bicyclic) bond motifs is 1. The van der Waals surface area contributed by atoms with Gasteiger partial charge in [-0.05, 0) is 50.6 Å². The van der Waals surface area contributed by atoms with Gasteiger partial charge >= 0.3 is 0 Å². The van der Waals surface area contributed by atoms with Crippen molar-refractivity contribution < 1.29 is 13.2 Å². The summed E-state index contributed by atoms with van der Waals surface area (Å²) in [6.07, 6.45) is 9.43. The number of likely N-dealkylation sites (tertiary alicyclic amines) is 1. The first-order chi connectivity index (χ1) is 13.8. The molecule has 1 aromatic carbocycles. The van der Waals surface area contributed by atoms with E-state index in [0.29, 0.717) is 5.69 Å². The summed E-state index contributed by atoms with van der Waals surface area (Å²) in [7, 11) is -3.29. The van der Waals surface area contributed by atoms with E-state index in [4.69, 9.17) is 4.74 Å². The number of halogens is 2. The van der Waals surface area contributed by atoms with Crippen molar-refractivity contribution in [3.63, 3.8) is 0 Å². The van der Waals surface area contributed by atoms with Gasteiger partial charge in [0, 0.05) is 36.8 Å². The fourth-order valence-electron chi connectivity index (χ4n) is 4.63. The van der Waals surface area contributed by atoms with Crippen LogP contribution in [0, 0.1) is 0 Å². The van der Waals surface area contributed by atoms with E-state index in [1.165, 1.54) is 38.5 Å². The van der Waals surface area contributed by atoms with Crippen LogP contribution in [0.25, 0.3) is 0 Å². The van der Waals surface area contributed by atoms with Crippen LogP contribution in [0.3, 0.4) is 0 Å². The Labute approximate surface area is 200 Å². The molecule has 1 atom stereocenters. The molecule has 1 aromatic rings. The topological polar surface area (TPSA) is 70.7 Å². The van der Waals surface area contributed by atoms with Crippen LogP contribution in [-0.4, -0.2) is 51.4 Å². The molecule has 1 saturated heterocycles. The maximum Gasteiger partial charge on any atom is 0.229 e. The zero-order chi connectivity index (χ0) is 20.9. The summed E-state index contributed by atoms with van der Waals surface area (Å²) in [5.74, 6) is 0.887. The summed E-state index contributed by atoms with van der Waals surface area (Å²) in [4.78, 5) is 2.58. The number of benzene rings is 1. The number of hydrogen-bond donors (Lipinski definition) is 2. The summed E-state index contributed by atoms with van der Waals surface area (Å²) in [5, 5.41) is 3.59. The second kappa shape index (κ2) is 12.5. The van der Waals surface area contributed by atoms with Gasteiger partial charge in [-0.3, -0.25) is 4.72 Å². The average Bonchev–Trinajstić information content (AvgIpc) is 2.66. The Morgan fingerprint density at radius 1 is 1.13 bits per heavy atom. The Kier molecular flexibility index (Phi) is 11.4. The van der Waals surface area contributed by atoms with Crippen molar-refractivity contribution in [2.45, 2.75) is 70.4 Å². The number of sulfonamides is 1. The first kappa shape index (κ1) is 28.3. The molecule has 0 bridgehead atoms. The normalized spacial score (nSPS) is 20.2. The molecule has 0 saturated carbocycles. The Bertz CT molecular complexity index is 784. The van der Waals surface area contributed by atoms with Crippen LogP contribution in [0.4, 0.5) is 5.69 Å². The Balaban J connectivity index is 0.00000240. The summed E-state index contributed by atoms with van der Waals surface area (Å²) in [5.41, 5.74) is 1.52. The molecule has 1 fully saturated rings. The molecular weight excluding hydrogens is 457 g/mol. The minimum atomic E-state index is -3.29. The molecule has 0 aromatic heterocycles. The lowest BCUT2D eigenvalue weighted by Gasteiger charge is -2.47. The van der Waals surface area contributed by atoms with Crippen LogP contribution >= 0.6 is 24.8 Å². The lowest BCUT2D eigenvalue weighted by molar-refractivity contribution is -0.0253. The molecule has 1 unspecified atom stereocenters. The van der Waals surface area contributed by atoms with E-state index in [9.17, 15) is 8.42 Å². The molecule has 0 aliphatic carbocycles. The van der Waals surface area contributed by atoms with Crippen molar-refractivity contribution in [2.75, 3.05) is 37.2 Å². The quantitative estimate of drug-likeness (QED) is 0.483. The molecule has 2 aliphatic heterocycles. The van der Waals surface area contributed by atoms with Crippen LogP contribution < -0.4 is 14.8 Å². The van der Waals surface area contributed by atoms with Gasteiger partial charge < -0.3 is 15.0 Å². The van der Waals surface area contributed by atoms with Crippen LogP contribution in [0.2, 0.25) is 0 Å². The minimum Gasteiger partial charge on any atom is -0.487 e. The molecule has 180 valence electrons. The lowest BCUT2D eigenvalue weighted by Crippen LogP contribution is -2.52. The van der Waals surface area contributed by atoms with Gasteiger partial charge in [0.1, 0.15) is 11.4 Å². The van der Waals surface area contributed by atoms with E-state index in [1.54, 1.807) is 6.07 Å². The van der Waals surface area contributed by atoms with Crippen LogP contribution in [0.1, 0.15) is 70.4 Å². The third kappa shape index (κ3) is 7.97. The molecule has 2 N–H and O–H groups in total. The van der Waals surface area contributed by atoms with Crippen molar-refractivity contribution in [1.82, 2.24) is 10.2 Å². The summed E-state index contributed by atoms with van der Waals surface area (Å²) < 4.78 is 32.3. The number of nitrogens with one attached hydrogen (secondary N) is 2. The van der Waals surface area contributed by atoms with Gasteiger partial charge in [-0.2, -0.15) is 0 Å². The molecule has 6 nitrogen and oxygen atoms in total. The van der Waals surface area contributed by atoms with Gasteiger partial charge in [-0.1, -0.05) is 33.1 Å². The molecule has 0 amide bonds. The zero-order valence-electron chi connectivity index (χ0n) is 19.0. The van der Waals surface area contributed by atoms with E-state index in [1.807, 2.05) is 12.1 Å². The van der Waals surface area contributed by atoms with E-state index in [-0.39, 0.29) is 36.5 Å². The Morgan fingerprint density at radius 2 is 1.84 bits per heavy atom. The number of nitrogens with zero attached hydrogens (tertiary/aromatic N) is 1. The van der Waals surface area contributed by atoms with Gasteiger partial charge in [0.15, 0.2) is 0 Å². The second-order valence-corrected chi connectivity index (χ2v) is 10.4. The molecule has 0 radical (unpaired) electrons. The predicted octanol–water partition coefficient (Wildman–Crippen LogP) is 4.75. The van der Waals surface area contributed by atoms with Crippen LogP contribution in [-0.2, 0) is 10.0 Å². The highest BCUT2D eigenvalue weighted by atomic mass is 35.5. The van der Waals surface area contributed by atoms with Gasteiger partial charge in [-0.15, -0.1) is 24.8 Å². The predicted molar refractivity (Wildman–Crippen MR) is 134 cm³/mol. The van der Waals surface area contributed by atoms with E-state index in [0.717, 1.165) is 50.2 Å². The summed E-state index contributed by atoms with van der Waals surface area (Å²) >= 11 is 0. The molecule has 2 heterocycles. The molecule has 9 heteroatoms. The largest absolute Gasteiger partial charge is 0.487 e. The molecule has 1 spiro atoms. The van der Waals surface area contributed by atoms with Crippen molar-refractivity contribution in [2.24, 2.45) is 0 Å². The van der Waals surface area contributed by atoms with Crippen molar-refractivity contribution >= 4 is 40.5 Å². The van der Waals surface area contributed by atoms with Crippen molar-refractivity contribution in [1.29, 1.82) is 0 Å². The first-order valence-corrected chi connectivity index (χ1v) is 13.0. The first-order valence-electron chi connectivity index (χ1n) is 11.1. The monoisotopic (exact) mass is 495 g/mol. The number of ether oxygens (including phenoxy) is 1. The standard InChI is InChI=1S/C22H37N3O3S.2ClH/c1-4-6-7-8-13-25-14-11-22(12-15-25)17-20(23-5-2)19-16-18(24-29(3,26)27)9-10-21(19)28-22;;/h9-10,16,20,23-24H,4-8,11-15,17H2,1-3H3;2*1H. The van der Waals surface area contributed by atoms with Crippen LogP contribution in [0.5, 0.6) is 5.75 Å². The van der Waals surface area contributed by atoms with Crippen molar-refractivity contribution in [3.05, 3.63) is 23.8 Å². The highest BCUT2D eigenvalue weighted by molar-refractivity contribution is 7.92. The maximum atomic E-state index is 11.6.